The van der Waals surface area contributed by atoms with Crippen molar-refractivity contribution in [2.24, 2.45) is 0 Å². The molecule has 2 aromatic rings. The summed E-state index contributed by atoms with van der Waals surface area (Å²) in [5, 5.41) is 17.8. The van der Waals surface area contributed by atoms with Crippen LogP contribution in [0.1, 0.15) is 5.56 Å². The number of benzene rings is 1. The number of rotatable bonds is 2. The van der Waals surface area contributed by atoms with Gasteiger partial charge in [-0.15, -0.1) is 0 Å². The highest BCUT2D eigenvalue weighted by molar-refractivity contribution is 5.65. The van der Waals surface area contributed by atoms with Crippen LogP contribution in [-0.2, 0) is 0 Å². The molecule has 1 aromatic carbocycles. The van der Waals surface area contributed by atoms with Gasteiger partial charge in [0.2, 0.25) is 5.95 Å². The first kappa shape index (κ1) is 14.8. The number of anilines is 1. The first-order chi connectivity index (χ1) is 11.2. The lowest BCUT2D eigenvalue weighted by atomic mass is 10.1. The summed E-state index contributed by atoms with van der Waals surface area (Å²) >= 11 is 0. The zero-order chi connectivity index (χ0) is 16.2. The lowest BCUT2D eigenvalue weighted by Gasteiger charge is -2.33. The van der Waals surface area contributed by atoms with Gasteiger partial charge >= 0.3 is 6.09 Å². The van der Waals surface area contributed by atoms with E-state index in [1.165, 1.54) is 4.90 Å². The Kier molecular flexibility index (Phi) is 4.06. The monoisotopic (exact) mass is 309 g/mol. The molecule has 2 heterocycles. The Labute approximate surface area is 133 Å². The maximum atomic E-state index is 10.9. The van der Waals surface area contributed by atoms with Gasteiger partial charge in [-0.25, -0.2) is 14.8 Å². The molecule has 7 heteroatoms. The highest BCUT2D eigenvalue weighted by Crippen LogP contribution is 2.20. The van der Waals surface area contributed by atoms with Crippen molar-refractivity contribution in [3.05, 3.63) is 42.2 Å². The van der Waals surface area contributed by atoms with Gasteiger partial charge in [0.15, 0.2) is 0 Å². The Morgan fingerprint density at radius 1 is 1.04 bits per heavy atom. The Morgan fingerprint density at radius 2 is 1.65 bits per heavy atom. The molecule has 0 bridgehead atoms. The molecule has 0 radical (unpaired) electrons. The average Bonchev–Trinajstić information content (AvgIpc) is 2.62. The van der Waals surface area contributed by atoms with Gasteiger partial charge in [-0.05, 0) is 17.7 Å². The van der Waals surface area contributed by atoms with Crippen LogP contribution in [0.4, 0.5) is 10.7 Å². The Balaban J connectivity index is 1.70. The second-order valence-corrected chi connectivity index (χ2v) is 5.22. The predicted molar refractivity (Wildman–Crippen MR) is 84.0 cm³/mol. The number of carbonyl (C=O) groups is 1. The molecule has 3 rings (SSSR count). The second-order valence-electron chi connectivity index (χ2n) is 5.22. The van der Waals surface area contributed by atoms with E-state index < -0.39 is 6.09 Å². The number of hydrogen-bond acceptors (Lipinski definition) is 5. The number of aromatic nitrogens is 2. The molecule has 0 unspecified atom stereocenters. The van der Waals surface area contributed by atoms with Crippen LogP contribution >= 0.6 is 0 Å². The molecule has 0 saturated carbocycles. The molecule has 1 aliphatic heterocycles. The SMILES string of the molecule is N#Cc1ccc(-c2cnc(N3CCN(C(=O)O)CC3)nc2)cc1. The largest absolute Gasteiger partial charge is 0.465 e. The van der Waals surface area contributed by atoms with Gasteiger partial charge < -0.3 is 14.9 Å². The molecule has 7 nitrogen and oxygen atoms in total. The van der Waals surface area contributed by atoms with Gasteiger partial charge in [0.25, 0.3) is 0 Å². The predicted octanol–water partition coefficient (Wildman–Crippen LogP) is 1.82. The second kappa shape index (κ2) is 6.32. The van der Waals surface area contributed by atoms with Gasteiger partial charge in [0, 0.05) is 44.1 Å². The van der Waals surface area contributed by atoms with E-state index in [4.69, 9.17) is 10.4 Å². The van der Waals surface area contributed by atoms with E-state index in [0.29, 0.717) is 37.7 Å². The summed E-state index contributed by atoms with van der Waals surface area (Å²) in [7, 11) is 0. The zero-order valence-corrected chi connectivity index (χ0v) is 12.4. The molecule has 1 saturated heterocycles. The summed E-state index contributed by atoms with van der Waals surface area (Å²) in [6, 6.07) is 9.33. The lowest BCUT2D eigenvalue weighted by molar-refractivity contribution is 0.142. The third-order valence-corrected chi connectivity index (χ3v) is 3.82. The molecule has 1 N–H and O–H groups in total. The molecular weight excluding hydrogens is 294 g/mol. The maximum Gasteiger partial charge on any atom is 0.407 e. The summed E-state index contributed by atoms with van der Waals surface area (Å²) in [4.78, 5) is 23.0. The lowest BCUT2D eigenvalue weighted by Crippen LogP contribution is -2.48. The zero-order valence-electron chi connectivity index (χ0n) is 12.4. The van der Waals surface area contributed by atoms with E-state index in [1.54, 1.807) is 24.5 Å². The molecule has 116 valence electrons. The van der Waals surface area contributed by atoms with Crippen LogP contribution in [0.3, 0.4) is 0 Å². The minimum absolute atomic E-state index is 0.454. The molecule has 1 aromatic heterocycles. The molecule has 1 amide bonds. The fourth-order valence-corrected chi connectivity index (χ4v) is 2.47. The summed E-state index contributed by atoms with van der Waals surface area (Å²) in [6.07, 6.45) is 2.60. The number of hydrogen-bond donors (Lipinski definition) is 1. The van der Waals surface area contributed by atoms with Crippen molar-refractivity contribution in [3.8, 4) is 17.2 Å². The van der Waals surface area contributed by atoms with Crippen molar-refractivity contribution < 1.29 is 9.90 Å². The highest BCUT2D eigenvalue weighted by Gasteiger charge is 2.21. The van der Waals surface area contributed by atoms with E-state index in [9.17, 15) is 4.79 Å². The van der Waals surface area contributed by atoms with E-state index in [0.717, 1.165) is 11.1 Å². The van der Waals surface area contributed by atoms with Gasteiger partial charge in [-0.3, -0.25) is 0 Å². The Hall–Kier alpha value is -3.14. The molecule has 23 heavy (non-hydrogen) atoms. The number of nitriles is 1. The topological polar surface area (TPSA) is 93.4 Å². The van der Waals surface area contributed by atoms with Crippen LogP contribution in [0, 0.1) is 11.3 Å². The number of amides is 1. The van der Waals surface area contributed by atoms with E-state index in [1.807, 2.05) is 17.0 Å². The first-order valence-electron chi connectivity index (χ1n) is 7.23. The van der Waals surface area contributed by atoms with Crippen LogP contribution in [0.25, 0.3) is 11.1 Å². The fourth-order valence-electron chi connectivity index (χ4n) is 2.47. The summed E-state index contributed by atoms with van der Waals surface area (Å²) in [5.74, 6) is 0.604. The third kappa shape index (κ3) is 3.21. The maximum absolute atomic E-state index is 10.9. The van der Waals surface area contributed by atoms with Crippen LogP contribution in [0.5, 0.6) is 0 Å². The molecule has 0 atom stereocenters. The average molecular weight is 309 g/mol. The number of piperazine rings is 1. The molecule has 0 spiro atoms. The van der Waals surface area contributed by atoms with E-state index >= 15 is 0 Å². The van der Waals surface area contributed by atoms with Gasteiger partial charge in [0.05, 0.1) is 11.6 Å². The number of carboxylic acid groups (broad SMARTS) is 1. The van der Waals surface area contributed by atoms with Crippen LogP contribution in [0.15, 0.2) is 36.7 Å². The van der Waals surface area contributed by atoms with E-state index in [2.05, 4.69) is 16.0 Å². The van der Waals surface area contributed by atoms with Crippen molar-refractivity contribution >= 4 is 12.0 Å². The summed E-state index contributed by atoms with van der Waals surface area (Å²) in [6.45, 7) is 2.08. The van der Waals surface area contributed by atoms with Crippen LogP contribution < -0.4 is 4.90 Å². The van der Waals surface area contributed by atoms with Crippen molar-refractivity contribution in [1.82, 2.24) is 14.9 Å². The number of nitrogens with zero attached hydrogens (tertiary/aromatic N) is 5. The van der Waals surface area contributed by atoms with E-state index in [-0.39, 0.29) is 0 Å². The highest BCUT2D eigenvalue weighted by atomic mass is 16.4. The van der Waals surface area contributed by atoms with Crippen molar-refractivity contribution in [1.29, 1.82) is 5.26 Å². The van der Waals surface area contributed by atoms with Crippen molar-refractivity contribution in [3.63, 3.8) is 0 Å². The summed E-state index contributed by atoms with van der Waals surface area (Å²) in [5.41, 5.74) is 2.44. The van der Waals surface area contributed by atoms with Gasteiger partial charge in [-0.2, -0.15) is 5.26 Å². The van der Waals surface area contributed by atoms with Crippen molar-refractivity contribution in [2.45, 2.75) is 0 Å². The third-order valence-electron chi connectivity index (χ3n) is 3.82. The quantitative estimate of drug-likeness (QED) is 0.909. The van der Waals surface area contributed by atoms with Crippen molar-refractivity contribution in [2.75, 3.05) is 31.1 Å². The van der Waals surface area contributed by atoms with Gasteiger partial charge in [-0.1, -0.05) is 12.1 Å². The summed E-state index contributed by atoms with van der Waals surface area (Å²) < 4.78 is 0. The molecular formula is C16H15N5O2. The normalized spacial score (nSPS) is 14.4. The van der Waals surface area contributed by atoms with Gasteiger partial charge in [0.1, 0.15) is 0 Å². The van der Waals surface area contributed by atoms with Crippen LogP contribution in [-0.4, -0.2) is 52.2 Å². The smallest absolute Gasteiger partial charge is 0.407 e. The molecule has 0 aliphatic carbocycles. The molecule has 1 fully saturated rings. The first-order valence-corrected chi connectivity index (χ1v) is 7.23. The fraction of sp³-hybridized carbons (Fsp3) is 0.250. The Morgan fingerprint density at radius 3 is 2.17 bits per heavy atom. The standard InChI is InChI=1S/C16H15N5O2/c17-9-12-1-3-13(4-2-12)14-10-18-15(19-11-14)20-5-7-21(8-6-20)16(22)23/h1-4,10-11H,5-8H2,(H,22,23). The molecule has 1 aliphatic rings. The Bertz CT molecular complexity index is 729. The minimum atomic E-state index is -0.887. The van der Waals surface area contributed by atoms with Crippen LogP contribution in [0.2, 0.25) is 0 Å². The minimum Gasteiger partial charge on any atom is -0.465 e.